The number of rotatable bonds is 5. The molecular formula is C13H16N2O3. The summed E-state index contributed by atoms with van der Waals surface area (Å²) in [7, 11) is 0. The third kappa shape index (κ3) is 3.43. The number of carbonyl (C=O) groups is 2. The van der Waals surface area contributed by atoms with Gasteiger partial charge in [0, 0.05) is 12.1 Å². The molecule has 0 fully saturated rings. The van der Waals surface area contributed by atoms with Gasteiger partial charge in [-0.1, -0.05) is 18.7 Å². The minimum Gasteiger partial charge on any atom is -0.480 e. The Kier molecular flexibility index (Phi) is 4.62. The molecule has 0 aliphatic heterocycles. The van der Waals surface area contributed by atoms with Gasteiger partial charge in [0.25, 0.3) is 5.91 Å². The highest BCUT2D eigenvalue weighted by Gasteiger charge is 2.13. The normalized spacial score (nSPS) is 11.7. The Morgan fingerprint density at radius 3 is 2.78 bits per heavy atom. The molecule has 0 aromatic heterocycles. The van der Waals surface area contributed by atoms with Crippen molar-refractivity contribution < 1.29 is 14.7 Å². The third-order valence-corrected chi connectivity index (χ3v) is 2.56. The number of benzene rings is 1. The fourth-order valence-corrected chi connectivity index (χ4v) is 1.39. The second-order valence-corrected chi connectivity index (χ2v) is 3.93. The largest absolute Gasteiger partial charge is 0.480 e. The second kappa shape index (κ2) is 5.97. The smallest absolute Gasteiger partial charge is 0.322 e. The van der Waals surface area contributed by atoms with Crippen molar-refractivity contribution >= 4 is 18.0 Å². The van der Waals surface area contributed by atoms with E-state index in [1.54, 1.807) is 18.2 Å². The Bertz CT molecular complexity index is 483. The van der Waals surface area contributed by atoms with E-state index in [-0.39, 0.29) is 12.5 Å². The second-order valence-electron chi connectivity index (χ2n) is 3.93. The fraction of sp³-hybridized carbons (Fsp3) is 0.231. The summed E-state index contributed by atoms with van der Waals surface area (Å²) in [5, 5.41) is 11.1. The van der Waals surface area contributed by atoms with Crippen molar-refractivity contribution in [1.29, 1.82) is 0 Å². The molecule has 0 radical (unpaired) electrons. The molecule has 0 spiro atoms. The van der Waals surface area contributed by atoms with E-state index in [2.05, 4.69) is 11.9 Å². The van der Waals surface area contributed by atoms with Crippen molar-refractivity contribution in [1.82, 2.24) is 5.32 Å². The zero-order valence-electron chi connectivity index (χ0n) is 10.1. The summed E-state index contributed by atoms with van der Waals surface area (Å²) in [4.78, 5) is 22.3. The molecule has 0 saturated heterocycles. The van der Waals surface area contributed by atoms with Gasteiger partial charge in [-0.25, -0.2) is 0 Å². The number of carbonyl (C=O) groups excluding carboxylic acids is 1. The van der Waals surface area contributed by atoms with E-state index in [0.29, 0.717) is 5.56 Å². The van der Waals surface area contributed by atoms with Gasteiger partial charge in [-0.05, 0) is 30.2 Å². The van der Waals surface area contributed by atoms with Crippen LogP contribution in [0.3, 0.4) is 0 Å². The van der Waals surface area contributed by atoms with E-state index in [1.807, 2.05) is 13.0 Å². The highest BCUT2D eigenvalue weighted by Crippen LogP contribution is 2.12. The van der Waals surface area contributed by atoms with Gasteiger partial charge in [-0.3, -0.25) is 9.59 Å². The van der Waals surface area contributed by atoms with E-state index in [9.17, 15) is 9.59 Å². The lowest BCUT2D eigenvalue weighted by Gasteiger charge is -2.09. The number of amides is 1. The monoisotopic (exact) mass is 248 g/mol. The standard InChI is InChI=1S/C13H16N2O3/c1-3-9-6-10(5-4-8(9)2)12(16)15-7-11(14)13(17)18/h3-6,11H,1,7,14H2,2H3,(H,15,16)(H,17,18). The number of carboxylic acids is 1. The van der Waals surface area contributed by atoms with Crippen molar-refractivity contribution in [2.75, 3.05) is 6.54 Å². The molecule has 1 amide bonds. The van der Waals surface area contributed by atoms with E-state index < -0.39 is 12.0 Å². The molecule has 96 valence electrons. The van der Waals surface area contributed by atoms with Gasteiger partial charge in [0.1, 0.15) is 6.04 Å². The maximum atomic E-state index is 11.8. The molecule has 1 aromatic rings. The first-order valence-corrected chi connectivity index (χ1v) is 5.45. The van der Waals surface area contributed by atoms with Crippen molar-refractivity contribution in [3.8, 4) is 0 Å². The Balaban J connectivity index is 2.73. The number of carboxylic acid groups (broad SMARTS) is 1. The lowest BCUT2D eigenvalue weighted by Crippen LogP contribution is -2.42. The van der Waals surface area contributed by atoms with Crippen LogP contribution in [0.5, 0.6) is 0 Å². The van der Waals surface area contributed by atoms with E-state index in [0.717, 1.165) is 11.1 Å². The summed E-state index contributed by atoms with van der Waals surface area (Å²) in [6.45, 7) is 5.47. The molecule has 0 aliphatic carbocycles. The molecule has 18 heavy (non-hydrogen) atoms. The summed E-state index contributed by atoms with van der Waals surface area (Å²) in [5.74, 6) is -1.50. The molecule has 0 saturated carbocycles. The van der Waals surface area contributed by atoms with Crippen LogP contribution in [0.4, 0.5) is 0 Å². The number of nitrogens with two attached hydrogens (primary N) is 1. The highest BCUT2D eigenvalue weighted by atomic mass is 16.4. The lowest BCUT2D eigenvalue weighted by molar-refractivity contribution is -0.138. The van der Waals surface area contributed by atoms with Crippen LogP contribution in [0, 0.1) is 6.92 Å². The summed E-state index contributed by atoms with van der Waals surface area (Å²) in [6, 6.07) is 4.08. The van der Waals surface area contributed by atoms with Gasteiger partial charge >= 0.3 is 5.97 Å². The van der Waals surface area contributed by atoms with Crippen LogP contribution in [-0.2, 0) is 4.79 Å². The molecule has 5 heteroatoms. The maximum absolute atomic E-state index is 11.8. The van der Waals surface area contributed by atoms with E-state index in [4.69, 9.17) is 10.8 Å². The van der Waals surface area contributed by atoms with Crippen LogP contribution < -0.4 is 11.1 Å². The number of hydrogen-bond donors (Lipinski definition) is 3. The quantitative estimate of drug-likeness (QED) is 0.718. The number of nitrogens with one attached hydrogen (secondary N) is 1. The Labute approximate surface area is 105 Å². The van der Waals surface area contributed by atoms with Gasteiger partial charge < -0.3 is 16.2 Å². The lowest BCUT2D eigenvalue weighted by atomic mass is 10.0. The average molecular weight is 248 g/mol. The van der Waals surface area contributed by atoms with E-state index in [1.165, 1.54) is 0 Å². The number of aliphatic carboxylic acids is 1. The summed E-state index contributed by atoms with van der Waals surface area (Å²) in [5.41, 5.74) is 7.63. The van der Waals surface area contributed by atoms with Gasteiger partial charge in [-0.15, -0.1) is 0 Å². The highest BCUT2D eigenvalue weighted by molar-refractivity contribution is 5.95. The summed E-state index contributed by atoms with van der Waals surface area (Å²) < 4.78 is 0. The average Bonchev–Trinajstić information content (AvgIpc) is 2.35. The molecule has 1 aromatic carbocycles. The van der Waals surface area contributed by atoms with Gasteiger partial charge in [0.2, 0.25) is 0 Å². The predicted octanol–water partition coefficient (Wildman–Crippen LogP) is 0.780. The van der Waals surface area contributed by atoms with Crippen LogP contribution in [0.15, 0.2) is 24.8 Å². The van der Waals surface area contributed by atoms with Crippen LogP contribution in [-0.4, -0.2) is 29.6 Å². The van der Waals surface area contributed by atoms with Crippen molar-refractivity contribution in [2.45, 2.75) is 13.0 Å². The van der Waals surface area contributed by atoms with Crippen LogP contribution in [0.25, 0.3) is 6.08 Å². The van der Waals surface area contributed by atoms with Gasteiger partial charge in [0.15, 0.2) is 0 Å². The molecule has 0 heterocycles. The van der Waals surface area contributed by atoms with E-state index >= 15 is 0 Å². The maximum Gasteiger partial charge on any atom is 0.322 e. The molecule has 0 bridgehead atoms. The van der Waals surface area contributed by atoms with Crippen LogP contribution in [0.2, 0.25) is 0 Å². The molecular weight excluding hydrogens is 232 g/mol. The van der Waals surface area contributed by atoms with Gasteiger partial charge in [-0.2, -0.15) is 0 Å². The van der Waals surface area contributed by atoms with Crippen LogP contribution >= 0.6 is 0 Å². The zero-order chi connectivity index (χ0) is 13.7. The number of hydrogen-bond acceptors (Lipinski definition) is 3. The van der Waals surface area contributed by atoms with Crippen molar-refractivity contribution in [2.24, 2.45) is 5.73 Å². The van der Waals surface area contributed by atoms with Crippen molar-refractivity contribution in [3.05, 3.63) is 41.5 Å². The molecule has 4 N–H and O–H groups in total. The molecule has 0 aliphatic rings. The first kappa shape index (κ1) is 13.9. The Morgan fingerprint density at radius 1 is 1.56 bits per heavy atom. The fourth-order valence-electron chi connectivity index (χ4n) is 1.39. The molecule has 1 atom stereocenters. The minimum absolute atomic E-state index is 0.106. The minimum atomic E-state index is -1.15. The predicted molar refractivity (Wildman–Crippen MR) is 69.2 cm³/mol. The Morgan fingerprint density at radius 2 is 2.22 bits per heavy atom. The first-order chi connectivity index (χ1) is 8.45. The van der Waals surface area contributed by atoms with Crippen LogP contribution in [0.1, 0.15) is 21.5 Å². The number of aryl methyl sites for hydroxylation is 1. The Hall–Kier alpha value is -2.14. The van der Waals surface area contributed by atoms with Gasteiger partial charge in [0.05, 0.1) is 0 Å². The molecule has 1 rings (SSSR count). The summed E-state index contributed by atoms with van der Waals surface area (Å²) in [6.07, 6.45) is 1.66. The third-order valence-electron chi connectivity index (χ3n) is 2.56. The molecule has 1 unspecified atom stereocenters. The van der Waals surface area contributed by atoms with Crippen molar-refractivity contribution in [3.63, 3.8) is 0 Å². The topological polar surface area (TPSA) is 92.4 Å². The molecule has 5 nitrogen and oxygen atoms in total. The zero-order valence-corrected chi connectivity index (χ0v) is 10.1. The SMILES string of the molecule is C=Cc1cc(C(=O)NCC(N)C(=O)O)ccc1C. The first-order valence-electron chi connectivity index (χ1n) is 5.45. The summed E-state index contributed by atoms with van der Waals surface area (Å²) >= 11 is 0.